The van der Waals surface area contributed by atoms with Gasteiger partial charge in [-0.1, -0.05) is 19.9 Å². The second kappa shape index (κ2) is 6.38. The molecule has 3 nitrogen and oxygen atoms in total. The number of rotatable bonds is 6. The molecule has 0 aromatic heterocycles. The molecule has 0 aliphatic rings. The van der Waals surface area contributed by atoms with Crippen molar-refractivity contribution < 1.29 is 14.3 Å². The minimum atomic E-state index is -1.24. The Bertz CT molecular complexity index is 418. The molecular weight excluding hydrogens is 233 g/mol. The minimum Gasteiger partial charge on any atom is -0.478 e. The molecule has 0 heterocycles. The third-order valence-corrected chi connectivity index (χ3v) is 2.81. The number of carbonyl (C=O) groups is 1. The van der Waals surface area contributed by atoms with Gasteiger partial charge in [0.1, 0.15) is 11.4 Å². The Labute approximate surface area is 107 Å². The molecule has 0 bridgehead atoms. The number of hydrogen-bond donors (Lipinski definition) is 2. The molecule has 0 fully saturated rings. The number of hydrogen-bond acceptors (Lipinski definition) is 2. The minimum absolute atomic E-state index is 0.118. The highest BCUT2D eigenvalue weighted by molar-refractivity contribution is 5.94. The van der Waals surface area contributed by atoms with E-state index in [4.69, 9.17) is 5.11 Å². The molecule has 4 heteroatoms. The number of benzene rings is 1. The molecule has 0 saturated heterocycles. The third kappa shape index (κ3) is 4.02. The van der Waals surface area contributed by atoms with E-state index >= 15 is 0 Å². The van der Waals surface area contributed by atoms with Gasteiger partial charge >= 0.3 is 5.97 Å². The van der Waals surface area contributed by atoms with Crippen LogP contribution in [0.1, 0.15) is 44.0 Å². The average molecular weight is 253 g/mol. The molecule has 1 rings (SSSR count). The Kier molecular flexibility index (Phi) is 5.13. The Hall–Kier alpha value is -1.58. The van der Waals surface area contributed by atoms with Crippen LogP contribution in [0.4, 0.5) is 10.1 Å². The maximum absolute atomic E-state index is 13.4. The van der Waals surface area contributed by atoms with Crippen LogP contribution >= 0.6 is 0 Å². The van der Waals surface area contributed by atoms with Crippen molar-refractivity contribution in [1.82, 2.24) is 0 Å². The monoisotopic (exact) mass is 253 g/mol. The van der Waals surface area contributed by atoms with Crippen molar-refractivity contribution in [3.8, 4) is 0 Å². The van der Waals surface area contributed by atoms with Crippen LogP contribution in [0.3, 0.4) is 0 Å². The topological polar surface area (TPSA) is 49.3 Å². The zero-order chi connectivity index (χ0) is 13.7. The predicted molar refractivity (Wildman–Crippen MR) is 70.5 cm³/mol. The lowest BCUT2D eigenvalue weighted by atomic mass is 10.0. The SMILES string of the molecule is CC(C)CCC(C)Nc1cccc(F)c1C(=O)O. The van der Waals surface area contributed by atoms with E-state index in [1.54, 1.807) is 6.07 Å². The number of carboxylic acids is 1. The fraction of sp³-hybridized carbons (Fsp3) is 0.500. The molecular formula is C14H20FNO2. The van der Waals surface area contributed by atoms with Gasteiger partial charge in [0.05, 0.1) is 5.69 Å². The summed E-state index contributed by atoms with van der Waals surface area (Å²) >= 11 is 0. The van der Waals surface area contributed by atoms with Crippen molar-refractivity contribution >= 4 is 11.7 Å². The van der Waals surface area contributed by atoms with Gasteiger partial charge < -0.3 is 10.4 Å². The normalized spacial score (nSPS) is 12.5. The fourth-order valence-corrected chi connectivity index (χ4v) is 1.78. The molecule has 1 aromatic carbocycles. The van der Waals surface area contributed by atoms with Crippen molar-refractivity contribution in [2.45, 2.75) is 39.7 Å². The first kappa shape index (κ1) is 14.5. The van der Waals surface area contributed by atoms with E-state index in [1.165, 1.54) is 6.07 Å². The van der Waals surface area contributed by atoms with Crippen molar-refractivity contribution in [1.29, 1.82) is 0 Å². The number of halogens is 1. The van der Waals surface area contributed by atoms with Crippen molar-refractivity contribution in [2.24, 2.45) is 5.92 Å². The summed E-state index contributed by atoms with van der Waals surface area (Å²) in [7, 11) is 0. The van der Waals surface area contributed by atoms with Gasteiger partial charge in [-0.15, -0.1) is 0 Å². The van der Waals surface area contributed by atoms with Crippen molar-refractivity contribution in [2.75, 3.05) is 5.32 Å². The molecule has 2 N–H and O–H groups in total. The van der Waals surface area contributed by atoms with Gasteiger partial charge in [-0.05, 0) is 37.8 Å². The molecule has 0 saturated carbocycles. The number of nitrogens with one attached hydrogen (secondary N) is 1. The summed E-state index contributed by atoms with van der Waals surface area (Å²) in [6.45, 7) is 6.24. The lowest BCUT2D eigenvalue weighted by Crippen LogP contribution is -2.18. The average Bonchev–Trinajstić information content (AvgIpc) is 2.26. The van der Waals surface area contributed by atoms with Crippen molar-refractivity contribution in [3.63, 3.8) is 0 Å². The van der Waals surface area contributed by atoms with E-state index in [0.717, 1.165) is 18.9 Å². The zero-order valence-electron chi connectivity index (χ0n) is 11.0. The highest BCUT2D eigenvalue weighted by atomic mass is 19.1. The molecule has 0 amide bonds. The third-order valence-electron chi connectivity index (χ3n) is 2.81. The Morgan fingerprint density at radius 1 is 1.33 bits per heavy atom. The molecule has 0 aliphatic heterocycles. The lowest BCUT2D eigenvalue weighted by molar-refractivity contribution is 0.0693. The van der Waals surface area contributed by atoms with Gasteiger partial charge in [0.15, 0.2) is 0 Å². The Morgan fingerprint density at radius 3 is 2.56 bits per heavy atom. The maximum Gasteiger partial charge on any atom is 0.340 e. The van der Waals surface area contributed by atoms with Gasteiger partial charge in [0.25, 0.3) is 0 Å². The van der Waals surface area contributed by atoms with Crippen LogP contribution in [0.2, 0.25) is 0 Å². The van der Waals surface area contributed by atoms with Gasteiger partial charge in [0.2, 0.25) is 0 Å². The fourth-order valence-electron chi connectivity index (χ4n) is 1.78. The van der Waals surface area contributed by atoms with Crippen LogP contribution in [-0.2, 0) is 0 Å². The van der Waals surface area contributed by atoms with Crippen LogP contribution in [-0.4, -0.2) is 17.1 Å². The predicted octanol–water partition coefficient (Wildman–Crippen LogP) is 3.76. The summed E-state index contributed by atoms with van der Waals surface area (Å²) in [5, 5.41) is 12.1. The highest BCUT2D eigenvalue weighted by Crippen LogP contribution is 2.21. The summed E-state index contributed by atoms with van der Waals surface area (Å²) in [6.07, 6.45) is 1.97. The van der Waals surface area contributed by atoms with E-state index in [2.05, 4.69) is 19.2 Å². The molecule has 0 spiro atoms. The number of carboxylic acid groups (broad SMARTS) is 1. The van der Waals surface area contributed by atoms with Gasteiger partial charge in [-0.2, -0.15) is 0 Å². The zero-order valence-corrected chi connectivity index (χ0v) is 11.0. The first-order chi connectivity index (χ1) is 8.41. The highest BCUT2D eigenvalue weighted by Gasteiger charge is 2.16. The maximum atomic E-state index is 13.4. The van der Waals surface area contributed by atoms with Gasteiger partial charge in [-0.3, -0.25) is 0 Å². The smallest absolute Gasteiger partial charge is 0.340 e. The first-order valence-corrected chi connectivity index (χ1v) is 6.20. The van der Waals surface area contributed by atoms with E-state index in [-0.39, 0.29) is 11.6 Å². The first-order valence-electron chi connectivity index (χ1n) is 6.20. The second-order valence-corrected chi connectivity index (χ2v) is 4.98. The van der Waals surface area contributed by atoms with Gasteiger partial charge in [-0.25, -0.2) is 9.18 Å². The summed E-state index contributed by atoms with van der Waals surface area (Å²) < 4.78 is 13.4. The quantitative estimate of drug-likeness (QED) is 0.811. The summed E-state index contributed by atoms with van der Waals surface area (Å²) in [5.74, 6) is -1.35. The summed E-state index contributed by atoms with van der Waals surface area (Å²) in [6, 6.07) is 4.39. The summed E-state index contributed by atoms with van der Waals surface area (Å²) in [4.78, 5) is 11.0. The molecule has 1 aromatic rings. The van der Waals surface area contributed by atoms with E-state index in [1.807, 2.05) is 6.92 Å². The van der Waals surface area contributed by atoms with E-state index in [0.29, 0.717) is 11.6 Å². The van der Waals surface area contributed by atoms with Crippen LogP contribution in [0.15, 0.2) is 18.2 Å². The second-order valence-electron chi connectivity index (χ2n) is 4.98. The van der Waals surface area contributed by atoms with Crippen LogP contribution in [0.5, 0.6) is 0 Å². The number of aromatic carboxylic acids is 1. The molecule has 1 unspecified atom stereocenters. The van der Waals surface area contributed by atoms with E-state index in [9.17, 15) is 9.18 Å². The standard InChI is InChI=1S/C14H20FNO2/c1-9(2)7-8-10(3)16-12-6-4-5-11(15)13(12)14(17)18/h4-6,9-10,16H,7-8H2,1-3H3,(H,17,18). The molecule has 1 atom stereocenters. The van der Waals surface area contributed by atoms with Crippen LogP contribution in [0.25, 0.3) is 0 Å². The largest absolute Gasteiger partial charge is 0.478 e. The summed E-state index contributed by atoms with van der Waals surface area (Å²) in [5.41, 5.74) is 0.0626. The van der Waals surface area contributed by atoms with E-state index < -0.39 is 11.8 Å². The lowest BCUT2D eigenvalue weighted by Gasteiger charge is -2.18. The van der Waals surface area contributed by atoms with Gasteiger partial charge in [0, 0.05) is 6.04 Å². The van der Waals surface area contributed by atoms with Crippen LogP contribution in [0, 0.1) is 11.7 Å². The van der Waals surface area contributed by atoms with Crippen molar-refractivity contribution in [3.05, 3.63) is 29.6 Å². The molecule has 0 aliphatic carbocycles. The molecule has 100 valence electrons. The Morgan fingerprint density at radius 2 is 2.00 bits per heavy atom. The van der Waals surface area contributed by atoms with Crippen LogP contribution < -0.4 is 5.32 Å². The molecule has 0 radical (unpaired) electrons. The Balaban J connectivity index is 2.78. The number of anilines is 1. The molecule has 18 heavy (non-hydrogen) atoms.